The number of alkyl halides is 3. The zero-order valence-corrected chi connectivity index (χ0v) is 29.7. The molecule has 278 valence electrons. The molecule has 2 aromatic heterocycles. The Kier molecular flexibility index (Phi) is 7.20. The second-order valence-corrected chi connectivity index (χ2v) is 16.6. The number of likely N-dealkylation sites (tertiary alicyclic amines) is 2. The second kappa shape index (κ2) is 11.5. The summed E-state index contributed by atoms with van der Waals surface area (Å²) < 4.78 is 63.7. The summed E-state index contributed by atoms with van der Waals surface area (Å²) in [7, 11) is 0. The van der Waals surface area contributed by atoms with E-state index >= 15 is 4.39 Å². The molecule has 10 nitrogen and oxygen atoms in total. The first kappa shape index (κ1) is 33.1. The van der Waals surface area contributed by atoms with Crippen LogP contribution in [0, 0.1) is 23.6 Å². The number of hydrogen-bond donors (Lipinski definition) is 1. The Hall–Kier alpha value is -4.46. The molecule has 6 heterocycles. The van der Waals surface area contributed by atoms with Crippen molar-refractivity contribution < 1.29 is 27.1 Å². The van der Waals surface area contributed by atoms with Crippen LogP contribution in [0.2, 0.25) is 0 Å². The van der Waals surface area contributed by atoms with Crippen LogP contribution in [0.25, 0.3) is 32.9 Å². The summed E-state index contributed by atoms with van der Waals surface area (Å²) >= 11 is 0. The van der Waals surface area contributed by atoms with E-state index in [1.165, 1.54) is 25.0 Å². The van der Waals surface area contributed by atoms with Crippen molar-refractivity contribution in [3.05, 3.63) is 47.9 Å². The lowest BCUT2D eigenvalue weighted by Crippen LogP contribution is -2.66. The first-order chi connectivity index (χ1) is 25.4. The smallest absolute Gasteiger partial charge is 0.422 e. The van der Waals surface area contributed by atoms with Crippen LogP contribution in [0.3, 0.4) is 0 Å². The Bertz CT molecular complexity index is 2160. The van der Waals surface area contributed by atoms with Gasteiger partial charge in [0.25, 0.3) is 0 Å². The largest absolute Gasteiger partial charge is 0.481 e. The van der Waals surface area contributed by atoms with E-state index in [1.807, 2.05) is 11.0 Å². The number of benzene rings is 2. The first-order valence-corrected chi connectivity index (χ1v) is 18.8. The Labute approximate surface area is 304 Å². The highest BCUT2D eigenvalue weighted by atomic mass is 19.4. The maximum atomic E-state index is 15.6. The van der Waals surface area contributed by atoms with Crippen LogP contribution in [-0.2, 0) is 4.79 Å². The fourth-order valence-corrected chi connectivity index (χ4v) is 9.34. The van der Waals surface area contributed by atoms with Crippen LogP contribution in [-0.4, -0.2) is 107 Å². The van der Waals surface area contributed by atoms with E-state index in [1.54, 1.807) is 13.1 Å². The third-order valence-electron chi connectivity index (χ3n) is 12.9. The van der Waals surface area contributed by atoms with Crippen molar-refractivity contribution >= 4 is 39.5 Å². The number of nitrogens with one attached hydrogen (secondary N) is 1. The van der Waals surface area contributed by atoms with E-state index in [0.717, 1.165) is 57.4 Å². The number of rotatable bonds is 8. The van der Waals surface area contributed by atoms with Crippen LogP contribution >= 0.6 is 0 Å². The van der Waals surface area contributed by atoms with Crippen molar-refractivity contribution in [1.29, 1.82) is 0 Å². The predicted molar refractivity (Wildman–Crippen MR) is 193 cm³/mol. The van der Waals surface area contributed by atoms with Crippen molar-refractivity contribution in [3.8, 4) is 16.9 Å². The highest BCUT2D eigenvalue weighted by molar-refractivity contribution is 6.06. The zero-order chi connectivity index (χ0) is 36.4. The van der Waals surface area contributed by atoms with Gasteiger partial charge in [0.2, 0.25) is 11.9 Å². The van der Waals surface area contributed by atoms with Gasteiger partial charge in [0.05, 0.1) is 11.7 Å². The van der Waals surface area contributed by atoms with Crippen LogP contribution in [0.5, 0.6) is 5.75 Å². The van der Waals surface area contributed by atoms with Gasteiger partial charge in [-0.05, 0) is 86.1 Å². The molecule has 53 heavy (non-hydrogen) atoms. The van der Waals surface area contributed by atoms with Crippen molar-refractivity contribution in [2.45, 2.75) is 63.6 Å². The Morgan fingerprint density at radius 3 is 2.38 bits per heavy atom. The van der Waals surface area contributed by atoms with Gasteiger partial charge in [-0.2, -0.15) is 23.3 Å². The molecule has 0 bridgehead atoms. The number of hydrogen-bond acceptors (Lipinski definition) is 8. The van der Waals surface area contributed by atoms with Gasteiger partial charge in [-0.1, -0.05) is 6.58 Å². The Balaban J connectivity index is 1.11. The monoisotopic (exact) mass is 730 g/mol. The van der Waals surface area contributed by atoms with Gasteiger partial charge >= 0.3 is 6.18 Å². The van der Waals surface area contributed by atoms with Gasteiger partial charge in [-0.3, -0.25) is 14.8 Å². The molecule has 2 aromatic carbocycles. The number of halogens is 4. The maximum absolute atomic E-state index is 15.6. The van der Waals surface area contributed by atoms with Gasteiger partial charge in [0, 0.05) is 85.7 Å². The summed E-state index contributed by atoms with van der Waals surface area (Å²) in [6, 6.07) is 3.79. The number of carbonyl (C=O) groups is 1. The molecule has 2 aliphatic carbocycles. The maximum Gasteiger partial charge on any atom is 0.422 e. The minimum atomic E-state index is -4.62. The molecule has 10 rings (SSSR count). The van der Waals surface area contributed by atoms with E-state index in [9.17, 15) is 18.0 Å². The molecule has 0 unspecified atom stereocenters. The molecular formula is C39H42F4N8O2. The zero-order valence-electron chi connectivity index (χ0n) is 29.7. The molecule has 4 aliphatic heterocycles. The molecule has 2 saturated carbocycles. The average Bonchev–Trinajstić information content (AvgIpc) is 4.02. The molecule has 1 N–H and O–H groups in total. The Morgan fingerprint density at radius 1 is 1.00 bits per heavy atom. The molecule has 0 atom stereocenters. The predicted octanol–water partition coefficient (Wildman–Crippen LogP) is 6.34. The summed E-state index contributed by atoms with van der Waals surface area (Å²) in [5.41, 5.74) is 3.34. The summed E-state index contributed by atoms with van der Waals surface area (Å²) in [5, 5.41) is 8.26. The number of aromatic amines is 1. The standard InChI is InChI=1S/C39H42F4N8O2/c1-3-30(52)51-19-38(20-51)8-10-48(11-9-38)35-26-12-25(23-4-5-23)32(31-22(2)28(40)13-29-27(31)14-44-47-29)34(53-21-39(41,42)43)33(26)45-36(46-35)49-15-24(16-49)50-17-37(18-50)6-7-37/h3,12-14,23-24H,1,4-11,15-21H2,2H3,(H,44,47). The molecular weight excluding hydrogens is 688 g/mol. The van der Waals surface area contributed by atoms with Gasteiger partial charge < -0.3 is 19.4 Å². The summed E-state index contributed by atoms with van der Waals surface area (Å²) in [5.74, 6) is 0.667. The lowest BCUT2D eigenvalue weighted by atomic mass is 9.72. The molecule has 0 radical (unpaired) electrons. The summed E-state index contributed by atoms with van der Waals surface area (Å²) in [4.78, 5) is 31.2. The normalized spacial score (nSPS) is 22.3. The van der Waals surface area contributed by atoms with Crippen molar-refractivity contribution in [3.63, 3.8) is 0 Å². The quantitative estimate of drug-likeness (QED) is 0.166. The summed E-state index contributed by atoms with van der Waals surface area (Å²) in [6.45, 7) is 10.2. The molecule has 14 heteroatoms. The number of piperidine rings is 1. The first-order valence-electron chi connectivity index (χ1n) is 18.8. The molecule has 6 aliphatic rings. The fourth-order valence-electron chi connectivity index (χ4n) is 9.34. The van der Waals surface area contributed by atoms with Crippen LogP contribution in [0.1, 0.15) is 55.6 Å². The number of nitrogens with zero attached hydrogens (tertiary/aromatic N) is 7. The molecule has 4 saturated heterocycles. The second-order valence-electron chi connectivity index (χ2n) is 16.6. The number of carbonyl (C=O) groups excluding carboxylic acids is 1. The van der Waals surface area contributed by atoms with Gasteiger partial charge in [0.15, 0.2) is 12.4 Å². The van der Waals surface area contributed by atoms with E-state index < -0.39 is 18.6 Å². The van der Waals surface area contributed by atoms with E-state index in [4.69, 9.17) is 14.7 Å². The lowest BCUT2D eigenvalue weighted by Gasteiger charge is -2.54. The van der Waals surface area contributed by atoms with Crippen LogP contribution in [0.4, 0.5) is 29.3 Å². The van der Waals surface area contributed by atoms with Gasteiger partial charge in [-0.15, -0.1) is 0 Å². The van der Waals surface area contributed by atoms with Crippen LogP contribution in [0.15, 0.2) is 31.0 Å². The van der Waals surface area contributed by atoms with Crippen molar-refractivity contribution in [1.82, 2.24) is 30.0 Å². The fraction of sp³-hybridized carbons (Fsp3) is 0.538. The number of H-pyrrole nitrogens is 1. The molecule has 6 fully saturated rings. The molecule has 2 spiro atoms. The highest BCUT2D eigenvalue weighted by Gasteiger charge is 2.55. The van der Waals surface area contributed by atoms with E-state index in [-0.39, 0.29) is 23.0 Å². The van der Waals surface area contributed by atoms with Crippen molar-refractivity contribution in [2.75, 3.05) is 68.8 Å². The SMILES string of the molecule is C=CC(=O)N1CC2(CCN(c3nc(N4CC(N5CC6(CC6)C5)C4)nc4c(OCC(F)(F)F)c(-c5c(C)c(F)cc6[nH]ncc56)c(C5CC5)cc34)CC2)C1. The van der Waals surface area contributed by atoms with Crippen LogP contribution < -0.4 is 14.5 Å². The molecule has 1 amide bonds. The number of ether oxygens (including phenoxy) is 1. The van der Waals surface area contributed by atoms with E-state index in [0.29, 0.717) is 87.9 Å². The minimum absolute atomic E-state index is 0.00404. The Morgan fingerprint density at radius 2 is 1.72 bits per heavy atom. The third kappa shape index (κ3) is 5.53. The number of amides is 1. The lowest BCUT2D eigenvalue weighted by molar-refractivity contribution is -0.153. The number of fused-ring (bicyclic) bond motifs is 2. The number of anilines is 2. The molecule has 4 aromatic rings. The van der Waals surface area contributed by atoms with Gasteiger partial charge in [0.1, 0.15) is 17.2 Å². The summed E-state index contributed by atoms with van der Waals surface area (Å²) in [6.07, 6.45) is 4.35. The highest BCUT2D eigenvalue weighted by Crippen LogP contribution is 2.55. The number of aromatic nitrogens is 4. The van der Waals surface area contributed by atoms with Gasteiger partial charge in [-0.25, -0.2) is 9.37 Å². The van der Waals surface area contributed by atoms with E-state index in [2.05, 4.69) is 31.5 Å². The average molecular weight is 731 g/mol. The van der Waals surface area contributed by atoms with Crippen molar-refractivity contribution in [2.24, 2.45) is 10.8 Å². The minimum Gasteiger partial charge on any atom is -0.481 e. The topological polar surface area (TPSA) is 93.7 Å². The third-order valence-corrected chi connectivity index (χ3v) is 12.9.